The largest absolute Gasteiger partial charge is 0.481 e. The quantitative estimate of drug-likeness (QED) is 0.735. The maximum Gasteiger partial charge on any atom is 0.309 e. The van der Waals surface area contributed by atoms with Gasteiger partial charge >= 0.3 is 5.97 Å². The van der Waals surface area contributed by atoms with Crippen molar-refractivity contribution in [1.29, 1.82) is 0 Å². The Bertz CT molecular complexity index is 413. The standard InChI is InChI=1S/C13H17NO3/c1-4-17-12(15)7-5-6-11-8-10(2)13(16-3)14-9-11/h5-6,8-9H,4,7H2,1-3H3. The minimum Gasteiger partial charge on any atom is -0.481 e. The molecule has 0 N–H and O–H groups in total. The molecule has 0 fully saturated rings. The Morgan fingerprint density at radius 3 is 2.88 bits per heavy atom. The normalized spacial score (nSPS) is 10.5. The first kappa shape index (κ1) is 13.2. The van der Waals surface area contributed by atoms with Crippen LogP contribution in [-0.2, 0) is 9.53 Å². The first-order valence-corrected chi connectivity index (χ1v) is 5.50. The van der Waals surface area contributed by atoms with Gasteiger partial charge in [0, 0.05) is 11.8 Å². The summed E-state index contributed by atoms with van der Waals surface area (Å²) in [6.07, 6.45) is 5.59. The van der Waals surface area contributed by atoms with Crippen molar-refractivity contribution in [1.82, 2.24) is 4.98 Å². The van der Waals surface area contributed by atoms with E-state index in [1.165, 1.54) is 0 Å². The van der Waals surface area contributed by atoms with Gasteiger partial charge in [0.1, 0.15) is 0 Å². The average molecular weight is 235 g/mol. The maximum absolute atomic E-state index is 11.1. The van der Waals surface area contributed by atoms with Crippen LogP contribution in [0.3, 0.4) is 0 Å². The predicted molar refractivity (Wildman–Crippen MR) is 65.8 cm³/mol. The van der Waals surface area contributed by atoms with E-state index in [0.717, 1.165) is 11.1 Å². The second-order valence-corrected chi connectivity index (χ2v) is 3.51. The van der Waals surface area contributed by atoms with Crippen molar-refractivity contribution in [3.63, 3.8) is 0 Å². The van der Waals surface area contributed by atoms with Gasteiger partial charge in [-0.2, -0.15) is 0 Å². The van der Waals surface area contributed by atoms with Crippen LogP contribution in [0.15, 0.2) is 18.3 Å². The minimum absolute atomic E-state index is 0.220. The second kappa shape index (κ2) is 6.68. The van der Waals surface area contributed by atoms with Crippen LogP contribution in [0.2, 0.25) is 0 Å². The van der Waals surface area contributed by atoms with Crippen molar-refractivity contribution in [3.8, 4) is 5.88 Å². The molecule has 0 aliphatic heterocycles. The van der Waals surface area contributed by atoms with Crippen molar-refractivity contribution >= 4 is 12.0 Å². The lowest BCUT2D eigenvalue weighted by Gasteiger charge is -2.03. The predicted octanol–water partition coefficient (Wildman–Crippen LogP) is 2.37. The summed E-state index contributed by atoms with van der Waals surface area (Å²) in [6.45, 7) is 4.13. The molecular formula is C13H17NO3. The van der Waals surface area contributed by atoms with Gasteiger partial charge in [-0.15, -0.1) is 0 Å². The molecule has 17 heavy (non-hydrogen) atoms. The van der Waals surface area contributed by atoms with E-state index in [9.17, 15) is 4.79 Å². The molecule has 1 heterocycles. The number of hydrogen-bond acceptors (Lipinski definition) is 4. The van der Waals surface area contributed by atoms with Gasteiger partial charge in [0.25, 0.3) is 0 Å². The number of carbonyl (C=O) groups excluding carboxylic acids is 1. The molecule has 0 saturated carbocycles. The Morgan fingerprint density at radius 2 is 2.29 bits per heavy atom. The molecule has 1 rings (SSSR count). The molecule has 1 aromatic heterocycles. The lowest BCUT2D eigenvalue weighted by atomic mass is 10.2. The van der Waals surface area contributed by atoms with Gasteiger partial charge in [-0.05, 0) is 25.5 Å². The van der Waals surface area contributed by atoms with E-state index in [2.05, 4.69) is 4.98 Å². The fourth-order valence-electron chi connectivity index (χ4n) is 1.40. The van der Waals surface area contributed by atoms with Crippen LogP contribution < -0.4 is 4.74 Å². The molecule has 4 nitrogen and oxygen atoms in total. The highest BCUT2D eigenvalue weighted by Crippen LogP contribution is 2.15. The zero-order valence-corrected chi connectivity index (χ0v) is 10.4. The molecule has 4 heteroatoms. The van der Waals surface area contributed by atoms with Crippen molar-refractivity contribution in [2.24, 2.45) is 0 Å². The molecule has 0 aromatic carbocycles. The lowest BCUT2D eigenvalue weighted by Crippen LogP contribution is -2.01. The zero-order chi connectivity index (χ0) is 12.7. The summed E-state index contributed by atoms with van der Waals surface area (Å²) in [5.41, 5.74) is 1.90. The van der Waals surface area contributed by atoms with E-state index >= 15 is 0 Å². The third-order valence-electron chi connectivity index (χ3n) is 2.14. The van der Waals surface area contributed by atoms with Crippen molar-refractivity contribution < 1.29 is 14.3 Å². The van der Waals surface area contributed by atoms with Crippen LogP contribution >= 0.6 is 0 Å². The number of aromatic nitrogens is 1. The van der Waals surface area contributed by atoms with Gasteiger partial charge in [-0.25, -0.2) is 4.98 Å². The van der Waals surface area contributed by atoms with Gasteiger partial charge < -0.3 is 9.47 Å². The van der Waals surface area contributed by atoms with Crippen LogP contribution in [0, 0.1) is 6.92 Å². The molecule has 0 amide bonds. The third-order valence-corrected chi connectivity index (χ3v) is 2.14. The first-order chi connectivity index (χ1) is 8.17. The van der Waals surface area contributed by atoms with Gasteiger partial charge in [0.15, 0.2) is 0 Å². The Hall–Kier alpha value is -1.84. The number of pyridine rings is 1. The Labute approximate surface area is 101 Å². The number of nitrogens with zero attached hydrogens (tertiary/aromatic N) is 1. The topological polar surface area (TPSA) is 48.4 Å². The van der Waals surface area contributed by atoms with Crippen molar-refractivity contribution in [2.75, 3.05) is 13.7 Å². The van der Waals surface area contributed by atoms with E-state index in [4.69, 9.17) is 9.47 Å². The Morgan fingerprint density at radius 1 is 1.53 bits per heavy atom. The summed E-state index contributed by atoms with van der Waals surface area (Å²) in [6, 6.07) is 1.95. The number of ether oxygens (including phenoxy) is 2. The number of carbonyl (C=O) groups is 1. The first-order valence-electron chi connectivity index (χ1n) is 5.50. The molecule has 0 saturated heterocycles. The van der Waals surface area contributed by atoms with Gasteiger partial charge in [0.05, 0.1) is 20.1 Å². The number of aryl methyl sites for hydroxylation is 1. The fourth-order valence-corrected chi connectivity index (χ4v) is 1.40. The Kier molecular flexibility index (Phi) is 5.20. The molecule has 0 aliphatic carbocycles. The number of rotatable bonds is 5. The van der Waals surface area contributed by atoms with Gasteiger partial charge in [-0.3, -0.25) is 4.79 Å². The van der Waals surface area contributed by atoms with Crippen LogP contribution in [0.1, 0.15) is 24.5 Å². The lowest BCUT2D eigenvalue weighted by molar-refractivity contribution is -0.142. The number of hydrogen-bond donors (Lipinski definition) is 0. The van der Waals surface area contributed by atoms with Crippen LogP contribution in [0.4, 0.5) is 0 Å². The summed E-state index contributed by atoms with van der Waals surface area (Å²) in [4.78, 5) is 15.2. The third kappa shape index (κ3) is 4.26. The van der Waals surface area contributed by atoms with Crippen LogP contribution in [0.5, 0.6) is 5.88 Å². The second-order valence-electron chi connectivity index (χ2n) is 3.51. The molecular weight excluding hydrogens is 218 g/mol. The van der Waals surface area contributed by atoms with Gasteiger partial charge in [0.2, 0.25) is 5.88 Å². The monoisotopic (exact) mass is 235 g/mol. The summed E-state index contributed by atoms with van der Waals surface area (Å²) in [5.74, 6) is 0.398. The molecule has 0 aliphatic rings. The summed E-state index contributed by atoms with van der Waals surface area (Å²) < 4.78 is 9.88. The zero-order valence-electron chi connectivity index (χ0n) is 10.4. The smallest absolute Gasteiger partial charge is 0.309 e. The highest BCUT2D eigenvalue weighted by molar-refractivity contribution is 5.72. The van der Waals surface area contributed by atoms with Gasteiger partial charge in [-0.1, -0.05) is 12.2 Å². The average Bonchev–Trinajstić information content (AvgIpc) is 2.29. The summed E-state index contributed by atoms with van der Waals surface area (Å²) >= 11 is 0. The van der Waals surface area contributed by atoms with Crippen LogP contribution in [-0.4, -0.2) is 24.7 Å². The van der Waals surface area contributed by atoms with Crippen molar-refractivity contribution in [2.45, 2.75) is 20.3 Å². The maximum atomic E-state index is 11.1. The van der Waals surface area contributed by atoms with E-state index in [-0.39, 0.29) is 12.4 Å². The van der Waals surface area contributed by atoms with Crippen molar-refractivity contribution in [3.05, 3.63) is 29.5 Å². The minimum atomic E-state index is -0.220. The van der Waals surface area contributed by atoms with Crippen LogP contribution in [0.25, 0.3) is 6.08 Å². The molecule has 0 radical (unpaired) electrons. The molecule has 1 aromatic rings. The Balaban J connectivity index is 2.60. The fraction of sp³-hybridized carbons (Fsp3) is 0.385. The molecule has 0 atom stereocenters. The molecule has 92 valence electrons. The molecule has 0 bridgehead atoms. The van der Waals surface area contributed by atoms with E-state index in [0.29, 0.717) is 12.5 Å². The summed E-state index contributed by atoms with van der Waals surface area (Å²) in [7, 11) is 1.59. The molecule has 0 unspecified atom stereocenters. The highest BCUT2D eigenvalue weighted by atomic mass is 16.5. The molecule has 0 spiro atoms. The van der Waals surface area contributed by atoms with E-state index in [1.807, 2.05) is 19.1 Å². The SMILES string of the molecule is CCOC(=O)CC=Cc1cnc(OC)c(C)c1. The van der Waals surface area contributed by atoms with E-state index < -0.39 is 0 Å². The number of esters is 1. The summed E-state index contributed by atoms with van der Waals surface area (Å²) in [5, 5.41) is 0. The number of methoxy groups -OCH3 is 1. The van der Waals surface area contributed by atoms with E-state index in [1.54, 1.807) is 26.3 Å². The highest BCUT2D eigenvalue weighted by Gasteiger charge is 2.00.